The molecule has 0 aliphatic carbocycles. The van der Waals surface area contributed by atoms with Gasteiger partial charge in [-0.15, -0.1) is 0 Å². The van der Waals surface area contributed by atoms with Gasteiger partial charge >= 0.3 is 0 Å². The van der Waals surface area contributed by atoms with Gasteiger partial charge in [0.2, 0.25) is 0 Å². The maximum Gasteiger partial charge on any atom is 0.150 e. The zero-order valence-corrected chi connectivity index (χ0v) is 6.13. The van der Waals surface area contributed by atoms with Crippen LogP contribution in [-0.4, -0.2) is 6.29 Å². The minimum Gasteiger partial charge on any atom is -0.298 e. The summed E-state index contributed by atoms with van der Waals surface area (Å²) in [6.45, 7) is 0. The molecular formula is C9H6F2O. The molecule has 0 N–H and O–H groups in total. The Kier molecular flexibility index (Phi) is 2.69. The van der Waals surface area contributed by atoms with Gasteiger partial charge in [0.05, 0.1) is 12.7 Å². The molecule has 0 aliphatic rings. The average Bonchev–Trinajstić information content (AvgIpc) is 2.16. The fourth-order valence-electron chi connectivity index (χ4n) is 0.860. The molecule has 0 unspecified atom stereocenters. The Morgan fingerprint density at radius 2 is 1.75 bits per heavy atom. The van der Waals surface area contributed by atoms with E-state index in [-0.39, 0.29) is 16.8 Å². The molecule has 0 fully saturated rings. The zero-order chi connectivity index (χ0) is 8.97. The van der Waals surface area contributed by atoms with E-state index in [0.717, 1.165) is 0 Å². The molecule has 0 saturated carbocycles. The summed E-state index contributed by atoms with van der Waals surface area (Å²) in [6.07, 6.45) is 1.13. The van der Waals surface area contributed by atoms with Crippen LogP contribution in [0.15, 0.2) is 18.2 Å². The van der Waals surface area contributed by atoms with Gasteiger partial charge in [-0.1, -0.05) is 12.1 Å². The lowest BCUT2D eigenvalue weighted by Gasteiger charge is -1.89. The molecule has 0 spiro atoms. The van der Waals surface area contributed by atoms with E-state index in [4.69, 9.17) is 0 Å². The molecule has 0 saturated heterocycles. The van der Waals surface area contributed by atoms with Crippen molar-refractivity contribution in [3.05, 3.63) is 34.2 Å². The van der Waals surface area contributed by atoms with Crippen LogP contribution in [0.25, 0.3) is 12.7 Å². The third-order valence-corrected chi connectivity index (χ3v) is 1.48. The molecule has 0 amide bonds. The van der Waals surface area contributed by atoms with Gasteiger partial charge in [-0.3, -0.25) is 4.79 Å². The van der Waals surface area contributed by atoms with Gasteiger partial charge in [0.1, 0.15) is 6.29 Å². The van der Waals surface area contributed by atoms with Crippen molar-refractivity contribution in [1.29, 1.82) is 0 Å². The second-order valence-electron chi connectivity index (χ2n) is 2.22. The molecule has 12 heavy (non-hydrogen) atoms. The third-order valence-electron chi connectivity index (χ3n) is 1.48. The number of benzene rings is 1. The first-order chi connectivity index (χ1) is 5.81. The van der Waals surface area contributed by atoms with Gasteiger partial charge in [0.15, 0.2) is 0 Å². The third kappa shape index (κ3) is 1.56. The van der Waals surface area contributed by atoms with Crippen LogP contribution in [0, 0.1) is 0 Å². The maximum absolute atomic E-state index is 12.1. The van der Waals surface area contributed by atoms with E-state index >= 15 is 0 Å². The molecule has 0 atom stereocenters. The molecule has 1 rings (SSSR count). The van der Waals surface area contributed by atoms with E-state index < -0.39 is 0 Å². The smallest absolute Gasteiger partial charge is 0.150 e. The van der Waals surface area contributed by atoms with Crippen molar-refractivity contribution in [2.45, 2.75) is 0 Å². The number of rotatable bonds is 1. The standard InChI is InChI=1S/C9H6F2O/c10-4-8-2-1-7(6-12)3-9(8)5-11/h1-6H/b8-4+,9-5-. The Morgan fingerprint density at radius 3 is 2.25 bits per heavy atom. The van der Waals surface area contributed by atoms with Gasteiger partial charge < -0.3 is 0 Å². The molecule has 0 aromatic heterocycles. The molecule has 0 bridgehead atoms. The second-order valence-corrected chi connectivity index (χ2v) is 2.22. The molecule has 62 valence electrons. The maximum atomic E-state index is 12.1. The van der Waals surface area contributed by atoms with Gasteiger partial charge in [0, 0.05) is 16.0 Å². The van der Waals surface area contributed by atoms with Crippen LogP contribution in [0.4, 0.5) is 8.78 Å². The lowest BCUT2D eigenvalue weighted by molar-refractivity contribution is 0.112. The number of hydrogen-bond acceptors (Lipinski definition) is 1. The largest absolute Gasteiger partial charge is 0.298 e. The van der Waals surface area contributed by atoms with Gasteiger partial charge in [-0.25, -0.2) is 8.78 Å². The Labute approximate surface area is 67.6 Å². The highest BCUT2D eigenvalue weighted by Gasteiger charge is 1.90. The summed E-state index contributed by atoms with van der Waals surface area (Å²) in [7, 11) is 0. The zero-order valence-electron chi connectivity index (χ0n) is 6.13. The van der Waals surface area contributed by atoms with Crippen LogP contribution >= 0.6 is 0 Å². The molecule has 3 heteroatoms. The topological polar surface area (TPSA) is 17.1 Å². The fourth-order valence-corrected chi connectivity index (χ4v) is 0.860. The number of halogens is 2. The number of aldehydes is 1. The SMILES string of the molecule is O=Cc1ccc(=C\F)/c(=C\F)c1. The molecule has 1 aromatic carbocycles. The summed E-state index contributed by atoms with van der Waals surface area (Å²) < 4.78 is 24.1. The van der Waals surface area contributed by atoms with Crippen LogP contribution in [0.3, 0.4) is 0 Å². The first-order valence-electron chi connectivity index (χ1n) is 3.28. The van der Waals surface area contributed by atoms with E-state index in [1.54, 1.807) is 0 Å². The van der Waals surface area contributed by atoms with E-state index in [9.17, 15) is 13.6 Å². The fraction of sp³-hybridized carbons (Fsp3) is 0. The highest BCUT2D eigenvalue weighted by Crippen LogP contribution is 1.85. The first kappa shape index (κ1) is 8.59. The van der Waals surface area contributed by atoms with Crippen molar-refractivity contribution < 1.29 is 13.6 Å². The second kappa shape index (κ2) is 3.76. The van der Waals surface area contributed by atoms with Crippen LogP contribution in [0.1, 0.15) is 10.4 Å². The van der Waals surface area contributed by atoms with Crippen molar-refractivity contribution in [1.82, 2.24) is 0 Å². The predicted octanol–water partition coefficient (Wildman–Crippen LogP) is 0.914. The molecule has 0 aliphatic heterocycles. The van der Waals surface area contributed by atoms with Crippen LogP contribution < -0.4 is 10.4 Å². The normalized spacial score (nSPS) is 13.5. The minimum absolute atomic E-state index is 0.0714. The lowest BCUT2D eigenvalue weighted by atomic mass is 10.2. The van der Waals surface area contributed by atoms with Crippen molar-refractivity contribution >= 4 is 18.9 Å². The summed E-state index contributed by atoms with van der Waals surface area (Å²) in [4.78, 5) is 10.2. The molecular weight excluding hydrogens is 162 g/mol. The highest BCUT2D eigenvalue weighted by atomic mass is 19.1. The van der Waals surface area contributed by atoms with Crippen molar-refractivity contribution in [2.75, 3.05) is 0 Å². The molecule has 1 nitrogen and oxygen atoms in total. The van der Waals surface area contributed by atoms with Crippen molar-refractivity contribution in [2.24, 2.45) is 0 Å². The van der Waals surface area contributed by atoms with E-state index in [1.165, 1.54) is 18.2 Å². The number of carbonyl (C=O) groups is 1. The minimum atomic E-state index is 0.0714. The number of carbonyl (C=O) groups excluding carboxylic acids is 1. The van der Waals surface area contributed by atoms with E-state index in [1.807, 2.05) is 0 Å². The van der Waals surface area contributed by atoms with E-state index in [2.05, 4.69) is 0 Å². The summed E-state index contributed by atoms with van der Waals surface area (Å²) in [6, 6.07) is 4.04. The van der Waals surface area contributed by atoms with Gasteiger partial charge in [-0.2, -0.15) is 0 Å². The lowest BCUT2D eigenvalue weighted by Crippen LogP contribution is -2.23. The quantitative estimate of drug-likeness (QED) is 0.570. The predicted molar refractivity (Wildman–Crippen MR) is 42.2 cm³/mol. The Hall–Kier alpha value is -1.51. The molecule has 1 aromatic rings. The highest BCUT2D eigenvalue weighted by molar-refractivity contribution is 5.74. The Balaban J connectivity index is 3.52. The van der Waals surface area contributed by atoms with Crippen molar-refractivity contribution in [3.8, 4) is 0 Å². The summed E-state index contributed by atoms with van der Waals surface area (Å²) in [5.74, 6) is 0. The average molecular weight is 168 g/mol. The Bertz CT molecular complexity index is 395. The van der Waals surface area contributed by atoms with Crippen LogP contribution in [0.5, 0.6) is 0 Å². The molecule has 0 heterocycles. The van der Waals surface area contributed by atoms with Gasteiger partial charge in [-0.05, 0) is 6.07 Å². The first-order valence-corrected chi connectivity index (χ1v) is 3.28. The van der Waals surface area contributed by atoms with Crippen molar-refractivity contribution in [3.63, 3.8) is 0 Å². The van der Waals surface area contributed by atoms with Crippen LogP contribution in [-0.2, 0) is 0 Å². The van der Waals surface area contributed by atoms with E-state index in [0.29, 0.717) is 18.2 Å². The monoisotopic (exact) mass is 168 g/mol. The van der Waals surface area contributed by atoms with Gasteiger partial charge in [0.25, 0.3) is 0 Å². The summed E-state index contributed by atoms with van der Waals surface area (Å²) in [5.41, 5.74) is 0.324. The Morgan fingerprint density at radius 1 is 1.08 bits per heavy atom. The molecule has 0 radical (unpaired) electrons. The summed E-state index contributed by atoms with van der Waals surface area (Å²) >= 11 is 0. The van der Waals surface area contributed by atoms with Crippen LogP contribution in [0.2, 0.25) is 0 Å². The number of hydrogen-bond donors (Lipinski definition) is 0. The summed E-state index contributed by atoms with van der Waals surface area (Å²) in [5, 5.41) is 0.199.